The molecule has 2 aromatic carbocycles. The molecule has 0 radical (unpaired) electrons. The highest BCUT2D eigenvalue weighted by Gasteiger charge is 2.22. The van der Waals surface area contributed by atoms with E-state index >= 15 is 0 Å². The SMILES string of the molecule is CCN(CC)c1ccc(C(=O)N2CCN(c3ccc(OC)cc3)CC2)cc1. The zero-order valence-electron chi connectivity index (χ0n) is 16.5. The molecule has 0 aliphatic carbocycles. The van der Waals surface area contributed by atoms with E-state index in [1.807, 2.05) is 41.3 Å². The number of methoxy groups -OCH3 is 1. The van der Waals surface area contributed by atoms with Crippen molar-refractivity contribution in [3.05, 3.63) is 54.1 Å². The van der Waals surface area contributed by atoms with Gasteiger partial charge in [0.05, 0.1) is 7.11 Å². The van der Waals surface area contributed by atoms with Crippen LogP contribution in [0.5, 0.6) is 5.75 Å². The number of piperazine rings is 1. The van der Waals surface area contributed by atoms with Gasteiger partial charge in [0.25, 0.3) is 5.91 Å². The molecule has 0 atom stereocenters. The van der Waals surface area contributed by atoms with Crippen LogP contribution in [0.2, 0.25) is 0 Å². The van der Waals surface area contributed by atoms with Crippen LogP contribution < -0.4 is 14.5 Å². The minimum atomic E-state index is 0.121. The lowest BCUT2D eigenvalue weighted by atomic mass is 10.1. The number of benzene rings is 2. The number of rotatable bonds is 6. The Morgan fingerprint density at radius 1 is 0.926 bits per heavy atom. The Balaban J connectivity index is 1.59. The van der Waals surface area contributed by atoms with E-state index < -0.39 is 0 Å². The van der Waals surface area contributed by atoms with Crippen molar-refractivity contribution in [3.8, 4) is 5.75 Å². The molecule has 2 aromatic rings. The van der Waals surface area contributed by atoms with Crippen LogP contribution in [0, 0.1) is 0 Å². The van der Waals surface area contributed by atoms with Gasteiger partial charge in [0, 0.05) is 56.2 Å². The third-order valence-corrected chi connectivity index (χ3v) is 5.25. The van der Waals surface area contributed by atoms with Gasteiger partial charge in [0.15, 0.2) is 0 Å². The molecular formula is C22H29N3O2. The largest absolute Gasteiger partial charge is 0.497 e. The Labute approximate surface area is 162 Å². The van der Waals surface area contributed by atoms with Gasteiger partial charge in [-0.1, -0.05) is 0 Å². The van der Waals surface area contributed by atoms with Gasteiger partial charge < -0.3 is 19.4 Å². The summed E-state index contributed by atoms with van der Waals surface area (Å²) in [4.78, 5) is 19.4. The van der Waals surface area contributed by atoms with Crippen LogP contribution in [0.3, 0.4) is 0 Å². The molecule has 5 heteroatoms. The monoisotopic (exact) mass is 367 g/mol. The van der Waals surface area contributed by atoms with Crippen molar-refractivity contribution < 1.29 is 9.53 Å². The Morgan fingerprint density at radius 2 is 1.52 bits per heavy atom. The predicted molar refractivity (Wildman–Crippen MR) is 111 cm³/mol. The molecule has 144 valence electrons. The number of hydrogen-bond donors (Lipinski definition) is 0. The Morgan fingerprint density at radius 3 is 2.04 bits per heavy atom. The Bertz CT molecular complexity index is 731. The summed E-state index contributed by atoms with van der Waals surface area (Å²) in [5, 5.41) is 0. The van der Waals surface area contributed by atoms with E-state index in [9.17, 15) is 4.79 Å². The third-order valence-electron chi connectivity index (χ3n) is 5.25. The van der Waals surface area contributed by atoms with Crippen LogP contribution in [-0.2, 0) is 0 Å². The maximum atomic E-state index is 12.8. The molecule has 1 heterocycles. The average Bonchev–Trinajstić information content (AvgIpc) is 2.75. The van der Waals surface area contributed by atoms with E-state index in [4.69, 9.17) is 4.74 Å². The summed E-state index contributed by atoms with van der Waals surface area (Å²) in [6, 6.07) is 16.1. The van der Waals surface area contributed by atoms with Crippen molar-refractivity contribution in [3.63, 3.8) is 0 Å². The molecule has 1 amide bonds. The van der Waals surface area contributed by atoms with Gasteiger partial charge >= 0.3 is 0 Å². The second kappa shape index (κ2) is 8.80. The van der Waals surface area contributed by atoms with Crippen molar-refractivity contribution in [2.75, 3.05) is 56.2 Å². The predicted octanol–water partition coefficient (Wildman–Crippen LogP) is 3.50. The molecule has 1 aliphatic heterocycles. The van der Waals surface area contributed by atoms with Crippen molar-refractivity contribution in [2.24, 2.45) is 0 Å². The number of amides is 1. The Hall–Kier alpha value is -2.69. The fourth-order valence-electron chi connectivity index (χ4n) is 3.55. The average molecular weight is 367 g/mol. The number of ether oxygens (including phenoxy) is 1. The molecule has 27 heavy (non-hydrogen) atoms. The summed E-state index contributed by atoms with van der Waals surface area (Å²) in [6.45, 7) is 9.39. The van der Waals surface area contributed by atoms with E-state index in [0.717, 1.165) is 50.6 Å². The molecule has 0 N–H and O–H groups in total. The van der Waals surface area contributed by atoms with Crippen LogP contribution in [0.4, 0.5) is 11.4 Å². The normalized spacial score (nSPS) is 14.2. The number of carbonyl (C=O) groups is 1. The smallest absolute Gasteiger partial charge is 0.253 e. The van der Waals surface area contributed by atoms with Crippen molar-refractivity contribution in [1.82, 2.24) is 4.90 Å². The zero-order valence-corrected chi connectivity index (χ0v) is 16.5. The maximum absolute atomic E-state index is 12.8. The molecule has 1 fully saturated rings. The lowest BCUT2D eigenvalue weighted by Gasteiger charge is -2.36. The second-order valence-corrected chi connectivity index (χ2v) is 6.70. The Kier molecular flexibility index (Phi) is 6.22. The molecule has 0 unspecified atom stereocenters. The number of hydrogen-bond acceptors (Lipinski definition) is 4. The molecular weight excluding hydrogens is 338 g/mol. The van der Waals surface area contributed by atoms with E-state index in [1.54, 1.807) is 7.11 Å². The molecule has 0 bridgehead atoms. The van der Waals surface area contributed by atoms with E-state index in [1.165, 1.54) is 11.4 Å². The fourth-order valence-corrected chi connectivity index (χ4v) is 3.55. The minimum Gasteiger partial charge on any atom is -0.497 e. The lowest BCUT2D eigenvalue weighted by molar-refractivity contribution is 0.0747. The molecule has 0 spiro atoms. The standard InChI is InChI=1S/C22H29N3O2/c1-4-23(5-2)19-8-6-18(7-9-19)22(26)25-16-14-24(15-17-25)20-10-12-21(27-3)13-11-20/h6-13H,4-5,14-17H2,1-3H3. The van der Waals surface area contributed by atoms with Crippen LogP contribution in [0.25, 0.3) is 0 Å². The molecule has 1 saturated heterocycles. The van der Waals surface area contributed by atoms with E-state index in [-0.39, 0.29) is 5.91 Å². The first kappa shape index (κ1) is 19.1. The number of anilines is 2. The zero-order chi connectivity index (χ0) is 19.2. The highest BCUT2D eigenvalue weighted by molar-refractivity contribution is 5.94. The molecule has 0 saturated carbocycles. The van der Waals surface area contributed by atoms with E-state index in [0.29, 0.717) is 0 Å². The van der Waals surface area contributed by atoms with Crippen molar-refractivity contribution in [1.29, 1.82) is 0 Å². The quantitative estimate of drug-likeness (QED) is 0.783. The molecule has 5 nitrogen and oxygen atoms in total. The van der Waals surface area contributed by atoms with Gasteiger partial charge in [-0.15, -0.1) is 0 Å². The van der Waals surface area contributed by atoms with Gasteiger partial charge in [-0.3, -0.25) is 4.79 Å². The summed E-state index contributed by atoms with van der Waals surface area (Å²) in [7, 11) is 1.67. The summed E-state index contributed by atoms with van der Waals surface area (Å²) >= 11 is 0. The summed E-state index contributed by atoms with van der Waals surface area (Å²) in [5.41, 5.74) is 3.11. The van der Waals surface area contributed by atoms with Crippen molar-refractivity contribution >= 4 is 17.3 Å². The second-order valence-electron chi connectivity index (χ2n) is 6.70. The highest BCUT2D eigenvalue weighted by atomic mass is 16.5. The molecule has 0 aromatic heterocycles. The first-order chi connectivity index (χ1) is 13.2. The van der Waals surface area contributed by atoms with Gasteiger partial charge in [-0.25, -0.2) is 0 Å². The van der Waals surface area contributed by atoms with Crippen LogP contribution >= 0.6 is 0 Å². The summed E-state index contributed by atoms with van der Waals surface area (Å²) in [6.07, 6.45) is 0. The number of nitrogens with zero attached hydrogens (tertiary/aromatic N) is 3. The van der Waals surface area contributed by atoms with E-state index in [2.05, 4.69) is 35.8 Å². The van der Waals surface area contributed by atoms with Crippen LogP contribution in [-0.4, -0.2) is 57.2 Å². The summed E-state index contributed by atoms with van der Waals surface area (Å²) < 4.78 is 5.22. The van der Waals surface area contributed by atoms with Crippen LogP contribution in [0.1, 0.15) is 24.2 Å². The topological polar surface area (TPSA) is 36.0 Å². The molecule has 1 aliphatic rings. The minimum absolute atomic E-state index is 0.121. The van der Waals surface area contributed by atoms with Gasteiger partial charge in [0.2, 0.25) is 0 Å². The van der Waals surface area contributed by atoms with Gasteiger partial charge in [0.1, 0.15) is 5.75 Å². The first-order valence-corrected chi connectivity index (χ1v) is 9.69. The highest BCUT2D eigenvalue weighted by Crippen LogP contribution is 2.21. The third kappa shape index (κ3) is 4.35. The van der Waals surface area contributed by atoms with Gasteiger partial charge in [-0.2, -0.15) is 0 Å². The maximum Gasteiger partial charge on any atom is 0.253 e. The van der Waals surface area contributed by atoms with Gasteiger partial charge in [-0.05, 0) is 62.4 Å². The van der Waals surface area contributed by atoms with Crippen LogP contribution in [0.15, 0.2) is 48.5 Å². The molecule has 3 rings (SSSR count). The summed E-state index contributed by atoms with van der Waals surface area (Å²) in [5.74, 6) is 0.983. The first-order valence-electron chi connectivity index (χ1n) is 9.69. The fraction of sp³-hybridized carbons (Fsp3) is 0.409. The van der Waals surface area contributed by atoms with Crippen molar-refractivity contribution in [2.45, 2.75) is 13.8 Å². The number of carbonyl (C=O) groups excluding carboxylic acids is 1. The lowest BCUT2D eigenvalue weighted by Crippen LogP contribution is -2.48.